The summed E-state index contributed by atoms with van der Waals surface area (Å²) in [5, 5.41) is 0.539. The molecule has 1 aromatic rings. The molecule has 0 bridgehead atoms. The predicted molar refractivity (Wildman–Crippen MR) is 56.6 cm³/mol. The number of hydrogen-bond acceptors (Lipinski definition) is 2. The van der Waals surface area contributed by atoms with Gasteiger partial charge in [0.25, 0.3) is 0 Å². The molecule has 13 heavy (non-hydrogen) atoms. The van der Waals surface area contributed by atoms with Gasteiger partial charge < -0.3 is 4.18 Å². The van der Waals surface area contributed by atoms with Crippen molar-refractivity contribution < 1.29 is 4.18 Å². The molecule has 0 aromatic heterocycles. The van der Waals surface area contributed by atoms with Gasteiger partial charge in [0.15, 0.2) is 0 Å². The van der Waals surface area contributed by atoms with E-state index in [0.29, 0.717) is 11.4 Å². The molecule has 0 aliphatic carbocycles. The smallest absolute Gasteiger partial charge is 0.0695 e. The largest absolute Gasteiger partial charge is 0.312 e. The highest BCUT2D eigenvalue weighted by Gasteiger charge is 2.20. The van der Waals surface area contributed by atoms with Gasteiger partial charge in [-0.05, 0) is 37.4 Å². The SMILES string of the molecule is C[C@@H]1CCC(c2ccccc2)SO1. The van der Waals surface area contributed by atoms with E-state index in [9.17, 15) is 0 Å². The third-order valence-electron chi connectivity index (χ3n) is 2.34. The van der Waals surface area contributed by atoms with E-state index in [1.165, 1.54) is 18.4 Å². The molecule has 1 aliphatic heterocycles. The minimum absolute atomic E-state index is 0.421. The first-order chi connectivity index (χ1) is 6.36. The molecule has 1 unspecified atom stereocenters. The van der Waals surface area contributed by atoms with Crippen molar-refractivity contribution >= 4 is 12.0 Å². The first-order valence-electron chi connectivity index (χ1n) is 4.73. The van der Waals surface area contributed by atoms with Crippen LogP contribution in [-0.2, 0) is 4.18 Å². The lowest BCUT2D eigenvalue weighted by molar-refractivity contribution is 0.227. The molecular formula is C11H14OS. The molecule has 1 fully saturated rings. The molecule has 2 heteroatoms. The summed E-state index contributed by atoms with van der Waals surface area (Å²) in [7, 11) is 0. The lowest BCUT2D eigenvalue weighted by atomic mass is 10.1. The van der Waals surface area contributed by atoms with E-state index in [4.69, 9.17) is 4.18 Å². The molecule has 0 spiro atoms. The van der Waals surface area contributed by atoms with Crippen molar-refractivity contribution in [2.75, 3.05) is 0 Å². The molecule has 70 valence electrons. The molecule has 1 saturated heterocycles. The van der Waals surface area contributed by atoms with Crippen molar-refractivity contribution in [3.05, 3.63) is 35.9 Å². The Hall–Kier alpha value is -0.470. The van der Waals surface area contributed by atoms with Gasteiger partial charge in [-0.15, -0.1) is 0 Å². The van der Waals surface area contributed by atoms with E-state index >= 15 is 0 Å². The topological polar surface area (TPSA) is 9.23 Å². The van der Waals surface area contributed by atoms with Crippen LogP contribution in [0.1, 0.15) is 30.6 Å². The highest BCUT2D eigenvalue weighted by Crippen LogP contribution is 2.39. The number of rotatable bonds is 1. The van der Waals surface area contributed by atoms with Crippen LogP contribution in [0.15, 0.2) is 30.3 Å². The maximum absolute atomic E-state index is 5.56. The zero-order valence-corrected chi connectivity index (χ0v) is 8.59. The highest BCUT2D eigenvalue weighted by molar-refractivity contribution is 7.95. The molecule has 1 heterocycles. The van der Waals surface area contributed by atoms with E-state index in [0.717, 1.165) is 0 Å². The zero-order chi connectivity index (χ0) is 9.10. The van der Waals surface area contributed by atoms with Crippen LogP contribution in [0.5, 0.6) is 0 Å². The molecule has 0 radical (unpaired) electrons. The van der Waals surface area contributed by atoms with E-state index < -0.39 is 0 Å². The Morgan fingerprint density at radius 1 is 1.23 bits per heavy atom. The summed E-state index contributed by atoms with van der Waals surface area (Å²) in [4.78, 5) is 0. The van der Waals surface area contributed by atoms with Gasteiger partial charge in [-0.1, -0.05) is 30.3 Å². The lowest BCUT2D eigenvalue weighted by Crippen LogP contribution is -2.12. The molecular weight excluding hydrogens is 180 g/mol. The fourth-order valence-corrected chi connectivity index (χ4v) is 2.45. The average Bonchev–Trinajstić information content (AvgIpc) is 2.20. The van der Waals surface area contributed by atoms with Crippen LogP contribution < -0.4 is 0 Å². The fraction of sp³-hybridized carbons (Fsp3) is 0.455. The monoisotopic (exact) mass is 194 g/mol. The van der Waals surface area contributed by atoms with E-state index in [-0.39, 0.29) is 0 Å². The Balaban J connectivity index is 2.03. The minimum Gasteiger partial charge on any atom is -0.312 e. The molecule has 1 aromatic carbocycles. The standard InChI is InChI=1S/C11H14OS/c1-9-7-8-11(13-12-9)10-5-3-2-4-6-10/h2-6,9,11H,7-8H2,1H3/t9-,11?/m1/s1. The number of benzene rings is 1. The second-order valence-electron chi connectivity index (χ2n) is 3.48. The summed E-state index contributed by atoms with van der Waals surface area (Å²) >= 11 is 1.62. The highest BCUT2D eigenvalue weighted by atomic mass is 32.2. The summed E-state index contributed by atoms with van der Waals surface area (Å²) in [6.45, 7) is 2.13. The van der Waals surface area contributed by atoms with Crippen molar-refractivity contribution in [2.45, 2.75) is 31.1 Å². The maximum atomic E-state index is 5.56. The van der Waals surface area contributed by atoms with Crippen LogP contribution in [-0.4, -0.2) is 6.10 Å². The van der Waals surface area contributed by atoms with Gasteiger partial charge in [0.05, 0.1) is 11.4 Å². The first-order valence-corrected chi connectivity index (χ1v) is 5.54. The molecule has 0 amide bonds. The summed E-state index contributed by atoms with van der Waals surface area (Å²) in [5.74, 6) is 0. The Labute approximate surface area is 83.7 Å². The van der Waals surface area contributed by atoms with Crippen LogP contribution in [0.3, 0.4) is 0 Å². The fourth-order valence-electron chi connectivity index (χ4n) is 1.53. The third kappa shape index (κ3) is 2.26. The summed E-state index contributed by atoms with van der Waals surface area (Å²) in [6, 6.07) is 10.6. The van der Waals surface area contributed by atoms with Crippen LogP contribution in [0.4, 0.5) is 0 Å². The quantitative estimate of drug-likeness (QED) is 0.632. The van der Waals surface area contributed by atoms with Gasteiger partial charge in [0, 0.05) is 0 Å². The Bertz CT molecular complexity index is 252. The molecule has 0 saturated carbocycles. The average molecular weight is 194 g/mol. The van der Waals surface area contributed by atoms with Gasteiger partial charge in [0.1, 0.15) is 0 Å². The zero-order valence-electron chi connectivity index (χ0n) is 7.77. The summed E-state index contributed by atoms with van der Waals surface area (Å²) < 4.78 is 5.56. The minimum atomic E-state index is 0.421. The maximum Gasteiger partial charge on any atom is 0.0695 e. The van der Waals surface area contributed by atoms with Crippen LogP contribution >= 0.6 is 12.0 Å². The molecule has 2 atom stereocenters. The van der Waals surface area contributed by atoms with Gasteiger partial charge in [0.2, 0.25) is 0 Å². The van der Waals surface area contributed by atoms with Gasteiger partial charge in [-0.2, -0.15) is 0 Å². The summed E-state index contributed by atoms with van der Waals surface area (Å²) in [5.41, 5.74) is 1.39. The normalized spacial score (nSPS) is 28.7. The molecule has 2 rings (SSSR count). The van der Waals surface area contributed by atoms with Gasteiger partial charge >= 0.3 is 0 Å². The van der Waals surface area contributed by atoms with E-state index in [2.05, 4.69) is 37.3 Å². The second kappa shape index (κ2) is 4.16. The molecule has 0 N–H and O–H groups in total. The lowest BCUT2D eigenvalue weighted by Gasteiger charge is -2.25. The Morgan fingerprint density at radius 2 is 2.00 bits per heavy atom. The van der Waals surface area contributed by atoms with Crippen molar-refractivity contribution in [1.82, 2.24) is 0 Å². The van der Waals surface area contributed by atoms with Crippen LogP contribution in [0, 0.1) is 0 Å². The van der Waals surface area contributed by atoms with Crippen molar-refractivity contribution in [1.29, 1.82) is 0 Å². The number of hydrogen-bond donors (Lipinski definition) is 0. The Morgan fingerprint density at radius 3 is 2.62 bits per heavy atom. The van der Waals surface area contributed by atoms with Gasteiger partial charge in [-0.25, -0.2) is 0 Å². The van der Waals surface area contributed by atoms with E-state index in [1.54, 1.807) is 12.0 Å². The van der Waals surface area contributed by atoms with Crippen molar-refractivity contribution in [3.8, 4) is 0 Å². The summed E-state index contributed by atoms with van der Waals surface area (Å²) in [6.07, 6.45) is 2.83. The molecule has 1 nitrogen and oxygen atoms in total. The van der Waals surface area contributed by atoms with Gasteiger partial charge in [-0.3, -0.25) is 0 Å². The Kier molecular flexibility index (Phi) is 2.91. The van der Waals surface area contributed by atoms with Crippen LogP contribution in [0.2, 0.25) is 0 Å². The predicted octanol–water partition coefficient (Wildman–Crippen LogP) is 3.57. The second-order valence-corrected chi connectivity index (χ2v) is 4.43. The first kappa shape index (κ1) is 9.10. The van der Waals surface area contributed by atoms with Crippen molar-refractivity contribution in [3.63, 3.8) is 0 Å². The molecule has 1 aliphatic rings. The third-order valence-corrected chi connectivity index (χ3v) is 3.52. The van der Waals surface area contributed by atoms with Crippen molar-refractivity contribution in [2.24, 2.45) is 0 Å². The van der Waals surface area contributed by atoms with Crippen LogP contribution in [0.25, 0.3) is 0 Å². The van der Waals surface area contributed by atoms with E-state index in [1.807, 2.05) is 0 Å².